The Balaban J connectivity index is 1.81. The molecule has 0 spiro atoms. The molecule has 1 aromatic carbocycles. The Bertz CT molecular complexity index is 661. The van der Waals surface area contributed by atoms with Crippen LogP contribution in [0.1, 0.15) is 12.8 Å². The van der Waals surface area contributed by atoms with Crippen LogP contribution in [0.5, 0.6) is 0 Å². The molecule has 2 N–H and O–H groups in total. The van der Waals surface area contributed by atoms with E-state index in [1.54, 1.807) is 0 Å². The number of carbonyl (C=O) groups excluding carboxylic acids is 2. The lowest BCUT2D eigenvalue weighted by atomic mass is 10.2. The van der Waals surface area contributed by atoms with Crippen molar-refractivity contribution >= 4 is 32.8 Å². The largest absolute Gasteiger partial charge is 0.345 e. The number of sulfonamides is 1. The Kier molecular flexibility index (Phi) is 5.54. The van der Waals surface area contributed by atoms with Gasteiger partial charge in [-0.05, 0) is 30.7 Å². The van der Waals surface area contributed by atoms with Crippen molar-refractivity contribution < 1.29 is 22.4 Å². The second-order valence-electron chi connectivity index (χ2n) is 4.68. The Morgan fingerprint density at radius 2 is 2.00 bits per heavy atom. The van der Waals surface area contributed by atoms with E-state index in [1.807, 2.05) is 0 Å². The lowest BCUT2D eigenvalue weighted by Crippen LogP contribution is -2.38. The van der Waals surface area contributed by atoms with Crippen LogP contribution in [0.15, 0.2) is 29.2 Å². The van der Waals surface area contributed by atoms with Crippen LogP contribution >= 0.6 is 11.8 Å². The minimum atomic E-state index is -3.78. The predicted octanol–water partition coefficient (Wildman–Crippen LogP) is 0.642. The zero-order chi connectivity index (χ0) is 16.2. The third kappa shape index (κ3) is 4.52. The Morgan fingerprint density at radius 3 is 2.59 bits per heavy atom. The molecule has 1 fully saturated rings. The van der Waals surface area contributed by atoms with E-state index in [-0.39, 0.29) is 28.9 Å². The highest BCUT2D eigenvalue weighted by molar-refractivity contribution is 8.14. The molecule has 1 heterocycles. The second kappa shape index (κ2) is 7.21. The van der Waals surface area contributed by atoms with Crippen LogP contribution in [0.2, 0.25) is 0 Å². The molecular formula is C13H15FN2O4S2. The van der Waals surface area contributed by atoms with Gasteiger partial charge in [-0.2, -0.15) is 0 Å². The molecule has 1 aliphatic heterocycles. The van der Waals surface area contributed by atoms with Crippen LogP contribution in [-0.4, -0.2) is 37.8 Å². The van der Waals surface area contributed by atoms with Gasteiger partial charge in [0.25, 0.3) is 0 Å². The molecule has 120 valence electrons. The molecule has 0 aromatic heterocycles. The van der Waals surface area contributed by atoms with Gasteiger partial charge in [-0.1, -0.05) is 11.8 Å². The molecule has 1 saturated heterocycles. The first-order valence-electron chi connectivity index (χ1n) is 6.60. The fourth-order valence-electron chi connectivity index (χ4n) is 1.89. The number of hydrogen-bond acceptors (Lipinski definition) is 5. The normalized spacial score (nSPS) is 18.4. The van der Waals surface area contributed by atoms with Crippen molar-refractivity contribution in [2.75, 3.05) is 12.3 Å². The predicted molar refractivity (Wildman–Crippen MR) is 80.2 cm³/mol. The summed E-state index contributed by atoms with van der Waals surface area (Å²) in [4.78, 5) is 22.9. The Morgan fingerprint density at radius 1 is 1.32 bits per heavy atom. The van der Waals surface area contributed by atoms with Gasteiger partial charge in [0.05, 0.1) is 10.9 Å². The van der Waals surface area contributed by atoms with Gasteiger partial charge in [-0.15, -0.1) is 0 Å². The van der Waals surface area contributed by atoms with E-state index in [0.29, 0.717) is 12.2 Å². The number of carbonyl (C=O) groups is 2. The zero-order valence-corrected chi connectivity index (χ0v) is 13.2. The summed E-state index contributed by atoms with van der Waals surface area (Å²) < 4.78 is 38.8. The molecule has 22 heavy (non-hydrogen) atoms. The maximum Gasteiger partial charge on any atom is 0.240 e. The third-order valence-electron chi connectivity index (χ3n) is 3.04. The molecule has 0 bridgehead atoms. The zero-order valence-electron chi connectivity index (χ0n) is 11.5. The molecule has 2 rings (SSSR count). The first-order chi connectivity index (χ1) is 10.4. The van der Waals surface area contributed by atoms with Gasteiger partial charge < -0.3 is 5.32 Å². The van der Waals surface area contributed by atoms with Crippen molar-refractivity contribution in [2.45, 2.75) is 23.8 Å². The van der Waals surface area contributed by atoms with Gasteiger partial charge >= 0.3 is 0 Å². The average Bonchev–Trinajstić information content (AvgIpc) is 2.84. The number of halogens is 1. The minimum Gasteiger partial charge on any atom is -0.345 e. The first kappa shape index (κ1) is 16.9. The van der Waals surface area contributed by atoms with Crippen molar-refractivity contribution in [3.8, 4) is 0 Å². The quantitative estimate of drug-likeness (QED) is 0.789. The number of nitrogens with one attached hydrogen (secondary N) is 2. The molecule has 0 saturated carbocycles. The van der Waals surface area contributed by atoms with Crippen molar-refractivity contribution in [3.05, 3.63) is 30.1 Å². The lowest BCUT2D eigenvalue weighted by Gasteiger charge is -2.10. The highest BCUT2D eigenvalue weighted by atomic mass is 32.2. The van der Waals surface area contributed by atoms with Crippen LogP contribution in [0.4, 0.5) is 4.39 Å². The Labute approximate surface area is 131 Å². The smallest absolute Gasteiger partial charge is 0.240 e. The van der Waals surface area contributed by atoms with Crippen molar-refractivity contribution in [3.63, 3.8) is 0 Å². The highest BCUT2D eigenvalue weighted by Crippen LogP contribution is 2.19. The van der Waals surface area contributed by atoms with Crippen LogP contribution in [0, 0.1) is 5.82 Å². The van der Waals surface area contributed by atoms with E-state index in [1.165, 1.54) is 11.8 Å². The molecule has 6 nitrogen and oxygen atoms in total. The SMILES string of the molecule is O=C(CCNS(=O)(=O)c1ccc(F)cc1)NC1CCSC1=O. The lowest BCUT2D eigenvalue weighted by molar-refractivity contribution is -0.124. The monoisotopic (exact) mass is 346 g/mol. The van der Waals surface area contributed by atoms with Crippen LogP contribution < -0.4 is 10.0 Å². The summed E-state index contributed by atoms with van der Waals surface area (Å²) in [6.07, 6.45) is 0.519. The van der Waals surface area contributed by atoms with Gasteiger partial charge in [0.15, 0.2) is 0 Å². The summed E-state index contributed by atoms with van der Waals surface area (Å²) in [5, 5.41) is 2.50. The summed E-state index contributed by atoms with van der Waals surface area (Å²) in [6, 6.07) is 3.90. The van der Waals surface area contributed by atoms with E-state index in [4.69, 9.17) is 0 Å². The molecule has 1 unspecified atom stereocenters. The van der Waals surface area contributed by atoms with E-state index >= 15 is 0 Å². The van der Waals surface area contributed by atoms with Crippen LogP contribution in [0.3, 0.4) is 0 Å². The molecule has 1 aliphatic rings. The molecule has 1 amide bonds. The molecule has 1 aromatic rings. The fraction of sp³-hybridized carbons (Fsp3) is 0.385. The molecule has 9 heteroatoms. The minimum absolute atomic E-state index is 0.0692. The van der Waals surface area contributed by atoms with Crippen molar-refractivity contribution in [2.24, 2.45) is 0 Å². The summed E-state index contributed by atoms with van der Waals surface area (Å²) in [6.45, 7) is -0.0976. The number of thioether (sulfide) groups is 1. The van der Waals surface area contributed by atoms with Gasteiger partial charge in [-0.25, -0.2) is 17.5 Å². The number of benzene rings is 1. The van der Waals surface area contributed by atoms with Crippen LogP contribution in [-0.2, 0) is 19.6 Å². The standard InChI is InChI=1S/C13H15FN2O4S2/c14-9-1-3-10(4-2-9)22(19,20)15-7-5-12(17)16-11-6-8-21-13(11)18/h1-4,11,15H,5-8H2,(H,16,17). The second-order valence-corrected chi connectivity index (χ2v) is 7.54. The van der Waals surface area contributed by atoms with Gasteiger partial charge in [0.2, 0.25) is 21.0 Å². The molecule has 0 radical (unpaired) electrons. The van der Waals surface area contributed by atoms with E-state index in [0.717, 1.165) is 24.3 Å². The highest BCUT2D eigenvalue weighted by Gasteiger charge is 2.26. The average molecular weight is 346 g/mol. The maximum atomic E-state index is 12.8. The number of hydrogen-bond donors (Lipinski definition) is 2. The molecule has 0 aliphatic carbocycles. The number of amides is 1. The molecule has 1 atom stereocenters. The van der Waals surface area contributed by atoms with E-state index in [2.05, 4.69) is 10.0 Å². The Hall–Kier alpha value is -1.45. The fourth-order valence-corrected chi connectivity index (χ4v) is 3.85. The summed E-state index contributed by atoms with van der Waals surface area (Å²) >= 11 is 1.18. The van der Waals surface area contributed by atoms with Gasteiger partial charge in [0.1, 0.15) is 5.82 Å². The summed E-state index contributed by atoms with van der Waals surface area (Å²) in [5.74, 6) is -0.235. The molecular weight excluding hydrogens is 331 g/mol. The van der Waals surface area contributed by atoms with E-state index < -0.39 is 21.9 Å². The van der Waals surface area contributed by atoms with Crippen LogP contribution in [0.25, 0.3) is 0 Å². The van der Waals surface area contributed by atoms with Gasteiger partial charge in [0, 0.05) is 18.7 Å². The third-order valence-corrected chi connectivity index (χ3v) is 5.52. The maximum absolute atomic E-state index is 12.8. The number of rotatable bonds is 6. The summed E-state index contributed by atoms with van der Waals surface area (Å²) in [5.41, 5.74) is 0. The first-order valence-corrected chi connectivity index (χ1v) is 9.06. The summed E-state index contributed by atoms with van der Waals surface area (Å²) in [7, 11) is -3.78. The van der Waals surface area contributed by atoms with E-state index in [9.17, 15) is 22.4 Å². The van der Waals surface area contributed by atoms with Gasteiger partial charge in [-0.3, -0.25) is 9.59 Å². The topological polar surface area (TPSA) is 92.3 Å². The van der Waals surface area contributed by atoms with Crippen molar-refractivity contribution in [1.82, 2.24) is 10.0 Å². The van der Waals surface area contributed by atoms with Crippen molar-refractivity contribution in [1.29, 1.82) is 0 Å².